The molecule has 2 fully saturated rings. The van der Waals surface area contributed by atoms with Crippen LogP contribution in [0.5, 0.6) is 0 Å². The molecule has 92 valence electrons. The van der Waals surface area contributed by atoms with E-state index in [9.17, 15) is 0 Å². The fourth-order valence-electron chi connectivity index (χ4n) is 3.09. The molecule has 2 heterocycles. The topological polar surface area (TPSA) is 37.8 Å². The molecule has 0 bridgehead atoms. The number of hydrogen-bond donors (Lipinski definition) is 1. The van der Waals surface area contributed by atoms with Gasteiger partial charge in [0.2, 0.25) is 0 Å². The lowest BCUT2D eigenvalue weighted by Crippen LogP contribution is -2.13. The predicted molar refractivity (Wildman–Crippen MR) is 68.1 cm³/mol. The van der Waals surface area contributed by atoms with Gasteiger partial charge in [-0.1, -0.05) is 19.3 Å². The molecule has 1 saturated carbocycles. The van der Waals surface area contributed by atoms with Crippen molar-refractivity contribution in [2.24, 2.45) is 0 Å². The van der Waals surface area contributed by atoms with Gasteiger partial charge in [-0.25, -0.2) is 9.97 Å². The minimum absolute atomic E-state index is 0.540. The van der Waals surface area contributed by atoms with Crippen LogP contribution in [-0.4, -0.2) is 23.1 Å². The zero-order chi connectivity index (χ0) is 11.5. The fourth-order valence-corrected chi connectivity index (χ4v) is 3.09. The molecule has 1 atom stereocenters. The number of nitrogens with one attached hydrogen (secondary N) is 1. The number of rotatable bonds is 2. The molecule has 3 heteroatoms. The van der Waals surface area contributed by atoms with Crippen molar-refractivity contribution in [2.75, 3.05) is 13.1 Å². The van der Waals surface area contributed by atoms with Gasteiger partial charge in [0.1, 0.15) is 5.82 Å². The zero-order valence-corrected chi connectivity index (χ0v) is 10.4. The van der Waals surface area contributed by atoms with Gasteiger partial charge in [0, 0.05) is 30.3 Å². The minimum atomic E-state index is 0.540. The van der Waals surface area contributed by atoms with Crippen LogP contribution in [0.3, 0.4) is 0 Å². The van der Waals surface area contributed by atoms with Gasteiger partial charge in [0.25, 0.3) is 0 Å². The molecule has 17 heavy (non-hydrogen) atoms. The second-order valence-corrected chi connectivity index (χ2v) is 5.36. The molecule has 0 aromatic carbocycles. The monoisotopic (exact) mass is 231 g/mol. The third-order valence-corrected chi connectivity index (χ3v) is 4.14. The highest BCUT2D eigenvalue weighted by Crippen LogP contribution is 2.32. The first-order chi connectivity index (χ1) is 8.43. The predicted octanol–water partition coefficient (Wildman–Crippen LogP) is 2.60. The van der Waals surface area contributed by atoms with E-state index in [0.717, 1.165) is 18.9 Å². The molecule has 1 N–H and O–H groups in total. The summed E-state index contributed by atoms with van der Waals surface area (Å²) >= 11 is 0. The molecule has 1 saturated heterocycles. The lowest BCUT2D eigenvalue weighted by molar-refractivity contribution is 0.434. The normalized spacial score (nSPS) is 26.2. The van der Waals surface area contributed by atoms with Crippen LogP contribution in [0.25, 0.3) is 0 Å². The SMILES string of the molecule is c1cc(C2CCCCC2)nc(C2CCNC2)n1. The van der Waals surface area contributed by atoms with Crippen molar-refractivity contribution in [3.8, 4) is 0 Å². The standard InChI is InChI=1S/C14H21N3/c1-2-4-11(5-3-1)13-7-9-16-14(17-13)12-6-8-15-10-12/h7,9,11-12,15H,1-6,8,10H2. The summed E-state index contributed by atoms with van der Waals surface area (Å²) in [6.45, 7) is 2.16. The fraction of sp³-hybridized carbons (Fsp3) is 0.714. The van der Waals surface area contributed by atoms with Crippen LogP contribution in [0.15, 0.2) is 12.3 Å². The van der Waals surface area contributed by atoms with Crippen molar-refractivity contribution in [3.05, 3.63) is 23.8 Å². The first-order valence-electron chi connectivity index (χ1n) is 6.97. The summed E-state index contributed by atoms with van der Waals surface area (Å²) in [7, 11) is 0. The summed E-state index contributed by atoms with van der Waals surface area (Å²) in [6, 6.07) is 2.13. The van der Waals surface area contributed by atoms with Gasteiger partial charge in [-0.2, -0.15) is 0 Å². The summed E-state index contributed by atoms with van der Waals surface area (Å²) in [5, 5.41) is 3.39. The van der Waals surface area contributed by atoms with Gasteiger partial charge in [0.15, 0.2) is 0 Å². The molecule has 1 aliphatic heterocycles. The Balaban J connectivity index is 1.77. The van der Waals surface area contributed by atoms with E-state index < -0.39 is 0 Å². The van der Waals surface area contributed by atoms with Crippen LogP contribution in [0.2, 0.25) is 0 Å². The lowest BCUT2D eigenvalue weighted by atomic mass is 9.87. The zero-order valence-electron chi connectivity index (χ0n) is 10.4. The highest BCUT2D eigenvalue weighted by molar-refractivity contribution is 5.12. The van der Waals surface area contributed by atoms with Crippen molar-refractivity contribution in [2.45, 2.75) is 50.4 Å². The molecule has 0 amide bonds. The van der Waals surface area contributed by atoms with Gasteiger partial charge < -0.3 is 5.32 Å². The van der Waals surface area contributed by atoms with Crippen molar-refractivity contribution in [1.29, 1.82) is 0 Å². The third-order valence-electron chi connectivity index (χ3n) is 4.14. The highest BCUT2D eigenvalue weighted by Gasteiger charge is 2.22. The summed E-state index contributed by atoms with van der Waals surface area (Å²) in [5.41, 5.74) is 1.29. The maximum Gasteiger partial charge on any atom is 0.132 e. The summed E-state index contributed by atoms with van der Waals surface area (Å²) in [4.78, 5) is 9.29. The van der Waals surface area contributed by atoms with Crippen molar-refractivity contribution < 1.29 is 0 Å². The van der Waals surface area contributed by atoms with Crippen LogP contribution in [0, 0.1) is 0 Å². The molecule has 1 unspecified atom stereocenters. The Morgan fingerprint density at radius 3 is 2.71 bits per heavy atom. The van der Waals surface area contributed by atoms with Crippen LogP contribution >= 0.6 is 0 Å². The van der Waals surface area contributed by atoms with Gasteiger partial charge in [-0.15, -0.1) is 0 Å². The Kier molecular flexibility index (Phi) is 3.36. The Labute approximate surface area is 103 Å². The number of aromatic nitrogens is 2. The molecule has 3 rings (SSSR count). The number of hydrogen-bond acceptors (Lipinski definition) is 3. The summed E-state index contributed by atoms with van der Waals surface area (Å²) in [6.07, 6.45) is 9.93. The first-order valence-corrected chi connectivity index (χ1v) is 6.97. The third kappa shape index (κ3) is 2.49. The van der Waals surface area contributed by atoms with E-state index in [4.69, 9.17) is 4.98 Å². The van der Waals surface area contributed by atoms with E-state index in [1.165, 1.54) is 44.2 Å². The molecular weight excluding hydrogens is 210 g/mol. The molecule has 3 nitrogen and oxygen atoms in total. The van der Waals surface area contributed by atoms with Crippen molar-refractivity contribution in [1.82, 2.24) is 15.3 Å². The first kappa shape index (κ1) is 11.1. The van der Waals surface area contributed by atoms with E-state index in [1.807, 2.05) is 6.20 Å². The highest BCUT2D eigenvalue weighted by atomic mass is 15.0. The smallest absolute Gasteiger partial charge is 0.132 e. The van der Waals surface area contributed by atoms with Gasteiger partial charge in [-0.3, -0.25) is 0 Å². The molecule has 0 spiro atoms. The van der Waals surface area contributed by atoms with Gasteiger partial charge in [-0.05, 0) is 31.9 Å². The van der Waals surface area contributed by atoms with E-state index in [0.29, 0.717) is 11.8 Å². The van der Waals surface area contributed by atoms with E-state index in [1.54, 1.807) is 0 Å². The Bertz CT molecular complexity index is 365. The average Bonchev–Trinajstić information content (AvgIpc) is 2.94. The quantitative estimate of drug-likeness (QED) is 0.850. The van der Waals surface area contributed by atoms with Crippen LogP contribution in [-0.2, 0) is 0 Å². The summed E-state index contributed by atoms with van der Waals surface area (Å²) < 4.78 is 0. The molecule has 1 aliphatic carbocycles. The van der Waals surface area contributed by atoms with Crippen LogP contribution in [0.1, 0.15) is 61.9 Å². The second-order valence-electron chi connectivity index (χ2n) is 5.36. The molecule has 0 radical (unpaired) electrons. The number of nitrogens with zero attached hydrogens (tertiary/aromatic N) is 2. The maximum atomic E-state index is 4.83. The largest absolute Gasteiger partial charge is 0.316 e. The van der Waals surface area contributed by atoms with Crippen molar-refractivity contribution >= 4 is 0 Å². The maximum absolute atomic E-state index is 4.83. The van der Waals surface area contributed by atoms with Gasteiger partial charge in [0.05, 0.1) is 0 Å². The molecule has 1 aromatic rings. The Hall–Kier alpha value is -0.960. The average molecular weight is 231 g/mol. The summed E-state index contributed by atoms with van der Waals surface area (Å²) in [5.74, 6) is 2.30. The Morgan fingerprint density at radius 1 is 1.06 bits per heavy atom. The molecule has 2 aliphatic rings. The van der Waals surface area contributed by atoms with Crippen LogP contribution < -0.4 is 5.32 Å². The van der Waals surface area contributed by atoms with Gasteiger partial charge >= 0.3 is 0 Å². The van der Waals surface area contributed by atoms with E-state index in [2.05, 4.69) is 16.4 Å². The van der Waals surface area contributed by atoms with E-state index >= 15 is 0 Å². The molecule has 1 aromatic heterocycles. The second kappa shape index (κ2) is 5.13. The minimum Gasteiger partial charge on any atom is -0.316 e. The van der Waals surface area contributed by atoms with Crippen LogP contribution in [0.4, 0.5) is 0 Å². The van der Waals surface area contributed by atoms with E-state index in [-0.39, 0.29) is 0 Å². The van der Waals surface area contributed by atoms with Crippen molar-refractivity contribution in [3.63, 3.8) is 0 Å². The lowest BCUT2D eigenvalue weighted by Gasteiger charge is -2.21. The Morgan fingerprint density at radius 2 is 1.94 bits per heavy atom. The molecular formula is C14H21N3.